The fraction of sp³-hybridized carbons (Fsp3) is 0.492. The fourth-order valence-electron chi connectivity index (χ4n) is 10.9. The maximum Gasteiger partial charge on any atom is 0.257 e. The Kier molecular flexibility index (Phi) is 25.7. The summed E-state index contributed by atoms with van der Waals surface area (Å²) in [5, 5.41) is 12.1. The minimum Gasteiger partial charge on any atom is -0.379 e. The van der Waals surface area contributed by atoms with Crippen LogP contribution in [0.3, 0.4) is 0 Å². The van der Waals surface area contributed by atoms with Gasteiger partial charge in [-0.15, -0.1) is 11.3 Å². The number of aromatic nitrogens is 1. The summed E-state index contributed by atoms with van der Waals surface area (Å²) in [6.45, 7) is 16.2. The van der Waals surface area contributed by atoms with Crippen molar-refractivity contribution in [1.82, 2.24) is 25.4 Å². The van der Waals surface area contributed by atoms with Crippen LogP contribution in [0.2, 0.25) is 0 Å². The molecule has 0 spiro atoms. The van der Waals surface area contributed by atoms with Crippen LogP contribution in [0, 0.1) is 17.0 Å². The summed E-state index contributed by atoms with van der Waals surface area (Å²) in [5.41, 5.74) is 4.51. The van der Waals surface area contributed by atoms with Crippen molar-refractivity contribution in [1.29, 1.82) is 0 Å². The second-order valence-corrected chi connectivity index (χ2v) is 24.7. The first-order valence-electron chi connectivity index (χ1n) is 29.6. The van der Waals surface area contributed by atoms with Crippen molar-refractivity contribution in [3.8, 4) is 0 Å². The van der Waals surface area contributed by atoms with Crippen LogP contribution < -0.4 is 31.1 Å². The van der Waals surface area contributed by atoms with Crippen molar-refractivity contribution >= 4 is 69.0 Å². The second-order valence-electron chi connectivity index (χ2n) is 23.8. The largest absolute Gasteiger partial charge is 0.379 e. The lowest BCUT2D eigenvalue weighted by Crippen LogP contribution is -3.07. The lowest BCUT2D eigenvalue weighted by Gasteiger charge is -2.27. The van der Waals surface area contributed by atoms with Gasteiger partial charge in [-0.2, -0.15) is 0 Å². The SMILES string of the molecule is CN(CC(=O)NCCCOCCOCCOCCCNC(=O)CN(C)C(=O)CC(C)(C)CC(=O)Nc1c(F)cc(C(=O)Nc2nccs2)cc1F)C(=O)CCCCCN1/C(=C/C=C/C=C/C2[NH+](C)c3ccccc3C2(C)C)C(C)(C)c2ccccc21. The van der Waals surface area contributed by atoms with E-state index < -0.39 is 40.5 Å². The van der Waals surface area contributed by atoms with Crippen LogP contribution in [0.1, 0.15) is 114 Å². The van der Waals surface area contributed by atoms with Crippen molar-refractivity contribution < 1.29 is 56.7 Å². The number of benzene rings is 3. The maximum atomic E-state index is 14.8. The van der Waals surface area contributed by atoms with Crippen LogP contribution in [0.5, 0.6) is 0 Å². The van der Waals surface area contributed by atoms with E-state index in [1.807, 2.05) is 0 Å². The molecule has 3 aromatic carbocycles. The summed E-state index contributed by atoms with van der Waals surface area (Å²) in [5.74, 6) is -4.85. The Balaban J connectivity index is 0.739. The van der Waals surface area contributed by atoms with Crippen molar-refractivity contribution in [2.45, 2.75) is 110 Å². The average Bonchev–Trinajstić information content (AvgIpc) is 2.04. The molecule has 4 aromatic rings. The highest BCUT2D eigenvalue weighted by molar-refractivity contribution is 7.13. The number of nitrogens with zero attached hydrogens (tertiary/aromatic N) is 4. The predicted molar refractivity (Wildman–Crippen MR) is 333 cm³/mol. The number of hydrogen-bond donors (Lipinski definition) is 5. The molecule has 2 aliphatic rings. The highest BCUT2D eigenvalue weighted by Gasteiger charge is 2.46. The molecule has 5 N–H and O–H groups in total. The van der Waals surface area contributed by atoms with Gasteiger partial charge in [0.15, 0.2) is 16.8 Å². The van der Waals surface area contributed by atoms with Crippen LogP contribution in [0.25, 0.3) is 0 Å². The molecule has 466 valence electrons. The molecule has 0 radical (unpaired) electrons. The first-order chi connectivity index (χ1) is 41.0. The van der Waals surface area contributed by atoms with Crippen molar-refractivity contribution in [2.75, 3.05) is 109 Å². The Morgan fingerprint density at radius 2 is 1.31 bits per heavy atom. The first-order valence-corrected chi connectivity index (χ1v) is 30.5. The van der Waals surface area contributed by atoms with Gasteiger partial charge in [-0.25, -0.2) is 13.8 Å². The molecule has 6 amide bonds. The van der Waals surface area contributed by atoms with Gasteiger partial charge in [0.25, 0.3) is 5.91 Å². The number of rotatable bonds is 34. The van der Waals surface area contributed by atoms with Gasteiger partial charge >= 0.3 is 0 Å². The Bertz CT molecular complexity index is 3020. The number of carbonyl (C=O) groups excluding carboxylic acids is 6. The zero-order valence-electron chi connectivity index (χ0n) is 51.5. The van der Waals surface area contributed by atoms with Gasteiger partial charge in [0.1, 0.15) is 17.4 Å². The third-order valence-corrected chi connectivity index (χ3v) is 16.3. The lowest BCUT2D eigenvalue weighted by atomic mass is 9.80. The maximum absolute atomic E-state index is 14.8. The van der Waals surface area contributed by atoms with E-state index in [2.05, 4.69) is 145 Å². The summed E-state index contributed by atoms with van der Waals surface area (Å²) < 4.78 is 46.4. The number of unbranched alkanes of at least 4 members (excludes halogenated alkanes) is 2. The smallest absolute Gasteiger partial charge is 0.257 e. The van der Waals surface area contributed by atoms with Crippen LogP contribution in [-0.4, -0.2) is 150 Å². The number of hydrogen-bond acceptors (Lipinski definition) is 12. The first kappa shape index (κ1) is 67.9. The Labute approximate surface area is 509 Å². The van der Waals surface area contributed by atoms with Gasteiger partial charge in [-0.1, -0.05) is 88.7 Å². The van der Waals surface area contributed by atoms with E-state index in [9.17, 15) is 37.5 Å². The predicted octanol–water partition coefficient (Wildman–Crippen LogP) is 8.26. The normalized spacial score (nSPS) is 16.3. The Morgan fingerprint density at radius 1 is 0.721 bits per heavy atom. The van der Waals surface area contributed by atoms with Crippen LogP contribution in [-0.2, 0) is 49.0 Å². The second kappa shape index (κ2) is 32.5. The molecule has 2 unspecified atom stereocenters. The van der Waals surface area contributed by atoms with Gasteiger partial charge in [-0.05, 0) is 86.9 Å². The number of amides is 6. The molecule has 18 nitrogen and oxygen atoms in total. The molecule has 2 aliphatic heterocycles. The van der Waals surface area contributed by atoms with Gasteiger partial charge in [0.05, 0.1) is 52.0 Å². The minimum atomic E-state index is -1.14. The molecule has 0 saturated heterocycles. The average molecular weight is 1210 g/mol. The number of thiazole rings is 1. The van der Waals surface area contributed by atoms with Gasteiger partial charge in [0.2, 0.25) is 29.5 Å². The lowest BCUT2D eigenvalue weighted by molar-refractivity contribution is -0.828. The third kappa shape index (κ3) is 19.7. The van der Waals surface area contributed by atoms with Gasteiger partial charge in [-0.3, -0.25) is 39.0 Å². The summed E-state index contributed by atoms with van der Waals surface area (Å²) in [6.07, 6.45) is 16.2. The molecular weight excluding hydrogens is 1120 g/mol. The molecule has 1 aromatic heterocycles. The van der Waals surface area contributed by atoms with E-state index in [1.165, 1.54) is 56.1 Å². The number of fused-ring (bicyclic) bond motifs is 2. The van der Waals surface area contributed by atoms with Crippen LogP contribution in [0.15, 0.2) is 108 Å². The number of allylic oxidation sites excluding steroid dienone is 5. The topological polar surface area (TPSA) is 205 Å². The monoisotopic (exact) mass is 1210 g/mol. The van der Waals surface area contributed by atoms with Crippen molar-refractivity contribution in [2.24, 2.45) is 5.41 Å². The molecule has 6 rings (SSSR count). The zero-order chi connectivity index (χ0) is 62.4. The molecule has 21 heteroatoms. The Morgan fingerprint density at radius 3 is 1.93 bits per heavy atom. The number of nitrogens with one attached hydrogen (secondary N) is 5. The molecule has 86 heavy (non-hydrogen) atoms. The highest BCUT2D eigenvalue weighted by atomic mass is 32.1. The molecular formula is C65H88F2N9O9S+. The van der Waals surface area contributed by atoms with Gasteiger partial charge in [0, 0.05) is 106 Å². The summed E-state index contributed by atoms with van der Waals surface area (Å²) in [6, 6.07) is 19.3. The number of likely N-dealkylation sites (N-methyl/N-ethyl adjacent to an activating group) is 3. The summed E-state index contributed by atoms with van der Waals surface area (Å²) in [7, 11) is 5.39. The van der Waals surface area contributed by atoms with Crippen LogP contribution in [0.4, 0.5) is 31.0 Å². The number of para-hydroxylation sites is 2. The number of anilines is 3. The van der Waals surface area contributed by atoms with Crippen molar-refractivity contribution in [3.63, 3.8) is 0 Å². The summed E-state index contributed by atoms with van der Waals surface area (Å²) >= 11 is 1.14. The fourth-order valence-corrected chi connectivity index (χ4v) is 11.4. The Hall–Kier alpha value is -7.17. The molecule has 0 aliphatic carbocycles. The molecule has 2 atom stereocenters. The van der Waals surface area contributed by atoms with E-state index >= 15 is 0 Å². The van der Waals surface area contributed by atoms with E-state index in [0.29, 0.717) is 78.0 Å². The van der Waals surface area contributed by atoms with E-state index in [4.69, 9.17) is 14.2 Å². The molecule has 0 saturated carbocycles. The number of quaternary nitrogens is 1. The highest BCUT2D eigenvalue weighted by Crippen LogP contribution is 2.48. The van der Waals surface area contributed by atoms with E-state index in [1.54, 1.807) is 26.3 Å². The third-order valence-electron chi connectivity index (χ3n) is 15.6. The molecule has 3 heterocycles. The van der Waals surface area contributed by atoms with Crippen LogP contribution >= 0.6 is 11.3 Å². The summed E-state index contributed by atoms with van der Waals surface area (Å²) in [4.78, 5) is 86.8. The minimum absolute atomic E-state index is 0.00553. The standard InChI is InChI=1S/C65H87F2N9O9S/c1-63(2,42-55(77)71-60-49(66)40-46(41-50(60)67)61(82)72-62-70-31-39-86-62)43-59(81)74(8)45-57(79)69-30-21-34-84-36-38-85-37-35-83-33-20-29-68-56(78)44-73(7)58(80)28-14-11-19-32-76-52-25-18-16-23-48(52)65(5,6)54(76)27-13-10-12-26-53-64(3,4)47-22-15-17-24-51(47)75(53)9/h10,12-13,15-18,22-27,31,39-41,53H,11,14,19-21,28-30,32-38,42-45H2,1-9H3,(H,68,78)(H,69,79)(H,71,77)(H,70,72,82)/p+1/b13-10+,26-12+,54-27+. The van der Waals surface area contributed by atoms with E-state index in [-0.39, 0.29) is 65.2 Å². The molecule has 0 fully saturated rings. The quantitative estimate of drug-likeness (QED) is 0.0223. The molecule has 0 bridgehead atoms. The number of halogens is 2. The number of carbonyl (C=O) groups is 6. The zero-order valence-corrected chi connectivity index (χ0v) is 52.3. The number of ether oxygens (including phenoxy) is 3. The van der Waals surface area contributed by atoms with Crippen molar-refractivity contribution in [3.05, 3.63) is 137 Å². The van der Waals surface area contributed by atoms with Gasteiger partial charge < -0.3 is 44.9 Å². The van der Waals surface area contributed by atoms with E-state index in [0.717, 1.165) is 49.3 Å².